The largest absolute Gasteiger partial charge is 0.365 e. The molecule has 0 bridgehead atoms. The van der Waals surface area contributed by atoms with Gasteiger partial charge in [0, 0.05) is 14.1 Å². The van der Waals surface area contributed by atoms with Crippen LogP contribution in [-0.4, -0.2) is 25.0 Å². The zero-order chi connectivity index (χ0) is 9.84. The van der Waals surface area contributed by atoms with Gasteiger partial charge in [0.05, 0.1) is 0 Å². The van der Waals surface area contributed by atoms with Crippen LogP contribution in [0.3, 0.4) is 0 Å². The summed E-state index contributed by atoms with van der Waals surface area (Å²) < 4.78 is 0. The second kappa shape index (κ2) is 3.99. The fourth-order valence-electron chi connectivity index (χ4n) is 0.703. The molecule has 0 aliphatic carbocycles. The smallest absolute Gasteiger partial charge is 0.261 e. The molecule has 1 rings (SSSR count). The Morgan fingerprint density at radius 1 is 1.62 bits per heavy atom. The number of rotatable bonds is 3. The standard InChI is InChI=1S/C7H10N4OS/c1-11(2)10-9-5-3-4-13-6(5)7(8)12/h3-4H,1-2H3,(H2,8,12)/b10-9+. The molecule has 0 saturated carbocycles. The van der Waals surface area contributed by atoms with E-state index in [0.717, 1.165) is 0 Å². The molecule has 1 aromatic rings. The van der Waals surface area contributed by atoms with Gasteiger partial charge >= 0.3 is 0 Å². The number of nitrogens with two attached hydrogens (primary N) is 1. The molecule has 6 heteroatoms. The van der Waals surface area contributed by atoms with Gasteiger partial charge in [-0.1, -0.05) is 5.22 Å². The summed E-state index contributed by atoms with van der Waals surface area (Å²) >= 11 is 1.26. The Labute approximate surface area is 79.8 Å². The lowest BCUT2D eigenvalue weighted by molar-refractivity contribution is 0.100. The Kier molecular flexibility index (Phi) is 2.97. The maximum absolute atomic E-state index is 10.8. The highest BCUT2D eigenvalue weighted by atomic mass is 32.1. The van der Waals surface area contributed by atoms with Gasteiger partial charge in [-0.2, -0.15) is 0 Å². The number of carbonyl (C=O) groups excluding carboxylic acids is 1. The molecule has 0 aliphatic heterocycles. The zero-order valence-corrected chi connectivity index (χ0v) is 8.21. The summed E-state index contributed by atoms with van der Waals surface area (Å²) in [4.78, 5) is 11.3. The Morgan fingerprint density at radius 2 is 2.31 bits per heavy atom. The summed E-state index contributed by atoms with van der Waals surface area (Å²) in [5.41, 5.74) is 5.64. The maximum Gasteiger partial charge on any atom is 0.261 e. The molecule has 1 aromatic heterocycles. The molecular weight excluding hydrogens is 188 g/mol. The molecule has 5 nitrogen and oxygen atoms in total. The van der Waals surface area contributed by atoms with Crippen LogP contribution in [0.15, 0.2) is 21.8 Å². The number of amides is 1. The van der Waals surface area contributed by atoms with Crippen LogP contribution in [0.25, 0.3) is 0 Å². The molecule has 2 N–H and O–H groups in total. The molecule has 0 saturated heterocycles. The first-order valence-electron chi connectivity index (χ1n) is 3.57. The van der Waals surface area contributed by atoms with Crippen molar-refractivity contribution in [3.8, 4) is 0 Å². The van der Waals surface area contributed by atoms with Crippen molar-refractivity contribution in [3.63, 3.8) is 0 Å². The summed E-state index contributed by atoms with van der Waals surface area (Å²) in [5.74, 6) is -0.470. The third kappa shape index (κ3) is 2.51. The average molecular weight is 198 g/mol. The van der Waals surface area contributed by atoms with E-state index in [1.807, 2.05) is 0 Å². The van der Waals surface area contributed by atoms with E-state index < -0.39 is 5.91 Å². The SMILES string of the molecule is CN(C)/N=N/c1ccsc1C(N)=O. The summed E-state index contributed by atoms with van der Waals surface area (Å²) in [5, 5.41) is 10.9. The van der Waals surface area contributed by atoms with E-state index in [4.69, 9.17) is 5.73 Å². The number of primary amides is 1. The molecule has 13 heavy (non-hydrogen) atoms. The lowest BCUT2D eigenvalue weighted by atomic mass is 10.4. The third-order valence-electron chi connectivity index (χ3n) is 1.20. The van der Waals surface area contributed by atoms with Gasteiger partial charge in [-0.3, -0.25) is 9.80 Å². The van der Waals surface area contributed by atoms with Gasteiger partial charge in [0.1, 0.15) is 10.6 Å². The molecular formula is C7H10N4OS. The average Bonchev–Trinajstić information content (AvgIpc) is 2.47. The second-order valence-electron chi connectivity index (χ2n) is 2.54. The second-order valence-corrected chi connectivity index (χ2v) is 3.45. The van der Waals surface area contributed by atoms with Crippen molar-refractivity contribution in [2.24, 2.45) is 16.1 Å². The van der Waals surface area contributed by atoms with E-state index in [1.165, 1.54) is 11.3 Å². The van der Waals surface area contributed by atoms with Crippen LogP contribution >= 0.6 is 11.3 Å². The molecule has 1 heterocycles. The van der Waals surface area contributed by atoms with Crippen molar-refractivity contribution >= 4 is 22.9 Å². The van der Waals surface area contributed by atoms with Crippen molar-refractivity contribution < 1.29 is 4.79 Å². The molecule has 0 radical (unpaired) electrons. The number of hydrogen-bond donors (Lipinski definition) is 1. The van der Waals surface area contributed by atoms with Crippen LogP contribution in [0.5, 0.6) is 0 Å². The number of hydrogen-bond acceptors (Lipinski definition) is 4. The van der Waals surface area contributed by atoms with Crippen molar-refractivity contribution in [2.75, 3.05) is 14.1 Å². The quantitative estimate of drug-likeness (QED) is 0.589. The van der Waals surface area contributed by atoms with Crippen LogP contribution in [0.2, 0.25) is 0 Å². The maximum atomic E-state index is 10.8. The van der Waals surface area contributed by atoms with Gasteiger partial charge in [-0.05, 0) is 11.4 Å². The van der Waals surface area contributed by atoms with Gasteiger partial charge in [-0.15, -0.1) is 16.5 Å². The van der Waals surface area contributed by atoms with Crippen molar-refractivity contribution in [2.45, 2.75) is 0 Å². The van der Waals surface area contributed by atoms with Gasteiger partial charge in [-0.25, -0.2) is 0 Å². The number of nitrogens with zero attached hydrogens (tertiary/aromatic N) is 3. The minimum Gasteiger partial charge on any atom is -0.365 e. The zero-order valence-electron chi connectivity index (χ0n) is 7.39. The molecule has 70 valence electrons. The first-order chi connectivity index (χ1) is 6.11. The van der Waals surface area contributed by atoms with E-state index in [9.17, 15) is 4.79 Å². The van der Waals surface area contributed by atoms with Crippen LogP contribution in [-0.2, 0) is 0 Å². The van der Waals surface area contributed by atoms with E-state index in [0.29, 0.717) is 10.6 Å². The summed E-state index contributed by atoms with van der Waals surface area (Å²) in [7, 11) is 3.50. The monoisotopic (exact) mass is 198 g/mol. The summed E-state index contributed by atoms with van der Waals surface area (Å²) in [6.07, 6.45) is 0. The lowest BCUT2D eigenvalue weighted by Gasteiger charge is -1.99. The van der Waals surface area contributed by atoms with Gasteiger partial charge in [0.2, 0.25) is 0 Å². The highest BCUT2D eigenvalue weighted by molar-refractivity contribution is 7.12. The Morgan fingerprint density at radius 3 is 2.85 bits per heavy atom. The first kappa shape index (κ1) is 9.66. The number of thiophene rings is 1. The summed E-state index contributed by atoms with van der Waals surface area (Å²) in [6.45, 7) is 0. The Balaban J connectivity index is 2.88. The van der Waals surface area contributed by atoms with Crippen molar-refractivity contribution in [3.05, 3.63) is 16.3 Å². The van der Waals surface area contributed by atoms with E-state index in [1.54, 1.807) is 30.6 Å². The third-order valence-corrected chi connectivity index (χ3v) is 2.12. The predicted octanol–water partition coefficient (Wildman–Crippen LogP) is 1.41. The topological polar surface area (TPSA) is 71.1 Å². The van der Waals surface area contributed by atoms with Gasteiger partial charge in [0.15, 0.2) is 0 Å². The fraction of sp³-hybridized carbons (Fsp3) is 0.286. The summed E-state index contributed by atoms with van der Waals surface area (Å²) in [6, 6.07) is 1.71. The molecule has 0 fully saturated rings. The van der Waals surface area contributed by atoms with Crippen LogP contribution in [0, 0.1) is 0 Å². The molecule has 0 unspecified atom stereocenters. The van der Waals surface area contributed by atoms with Crippen LogP contribution < -0.4 is 5.73 Å². The molecule has 1 amide bonds. The minimum absolute atomic E-state index is 0.436. The fourth-order valence-corrected chi connectivity index (χ4v) is 1.38. The Hall–Kier alpha value is -1.43. The first-order valence-corrected chi connectivity index (χ1v) is 4.45. The predicted molar refractivity (Wildman–Crippen MR) is 51.0 cm³/mol. The van der Waals surface area contributed by atoms with Gasteiger partial charge < -0.3 is 5.73 Å². The number of carbonyl (C=O) groups is 1. The molecule has 0 aliphatic rings. The van der Waals surface area contributed by atoms with Crippen LogP contribution in [0.1, 0.15) is 9.67 Å². The normalized spacial score (nSPS) is 10.6. The molecule has 0 spiro atoms. The van der Waals surface area contributed by atoms with E-state index in [-0.39, 0.29) is 0 Å². The van der Waals surface area contributed by atoms with Crippen LogP contribution in [0.4, 0.5) is 5.69 Å². The van der Waals surface area contributed by atoms with Gasteiger partial charge in [0.25, 0.3) is 5.91 Å². The highest BCUT2D eigenvalue weighted by Gasteiger charge is 2.08. The molecule has 0 aromatic carbocycles. The Bertz CT molecular complexity index is 331. The van der Waals surface area contributed by atoms with E-state index in [2.05, 4.69) is 10.3 Å². The lowest BCUT2D eigenvalue weighted by Crippen LogP contribution is -2.08. The van der Waals surface area contributed by atoms with Crippen molar-refractivity contribution in [1.82, 2.24) is 5.01 Å². The van der Waals surface area contributed by atoms with E-state index >= 15 is 0 Å². The molecule has 0 atom stereocenters. The van der Waals surface area contributed by atoms with Crippen molar-refractivity contribution in [1.29, 1.82) is 0 Å². The minimum atomic E-state index is -0.470. The highest BCUT2D eigenvalue weighted by Crippen LogP contribution is 2.24.